The number of benzene rings is 1. The predicted octanol–water partition coefficient (Wildman–Crippen LogP) is 1.95. The lowest BCUT2D eigenvalue weighted by Gasteiger charge is -2.35. The number of carbonyl (C=O) groups is 2. The first kappa shape index (κ1) is 23.0. The Labute approximate surface area is 185 Å². The summed E-state index contributed by atoms with van der Waals surface area (Å²) < 4.78 is 20.0. The van der Waals surface area contributed by atoms with Crippen LogP contribution in [0.25, 0.3) is 0 Å². The maximum Gasteiger partial charge on any atom is 0.409 e. The third-order valence-corrected chi connectivity index (χ3v) is 5.21. The summed E-state index contributed by atoms with van der Waals surface area (Å²) in [4.78, 5) is 27.9. The van der Waals surface area contributed by atoms with Crippen LogP contribution >= 0.6 is 0 Å². The van der Waals surface area contributed by atoms with E-state index >= 15 is 0 Å². The Hall–Kier alpha value is -3.65. The summed E-state index contributed by atoms with van der Waals surface area (Å²) in [6.45, 7) is 1.45. The molecule has 11 heteroatoms. The molecule has 2 amide bonds. The van der Waals surface area contributed by atoms with Gasteiger partial charge in [-0.3, -0.25) is 9.48 Å². The Balaban J connectivity index is 1.80. The molecule has 3 N–H and O–H groups in total. The first-order chi connectivity index (χ1) is 15.3. The highest BCUT2D eigenvalue weighted by molar-refractivity contribution is 5.98. The van der Waals surface area contributed by atoms with Crippen LogP contribution in [0.1, 0.15) is 22.8 Å². The highest BCUT2D eigenvalue weighted by atomic mass is 19.1. The number of piperidine rings is 1. The molecule has 0 aliphatic carbocycles. The second-order valence-electron chi connectivity index (χ2n) is 7.82. The molecule has 3 rings (SSSR count). The largest absolute Gasteiger partial charge is 0.448 e. The van der Waals surface area contributed by atoms with E-state index in [-0.39, 0.29) is 24.5 Å². The normalized spacial score (nSPS) is 18.3. The summed E-state index contributed by atoms with van der Waals surface area (Å²) in [5.74, 6) is -1.33. The minimum absolute atomic E-state index is 0.122. The number of nitrogens with zero attached hydrogens (tertiary/aromatic N) is 5. The van der Waals surface area contributed by atoms with E-state index in [1.165, 1.54) is 40.0 Å². The molecule has 0 saturated carbocycles. The number of nitriles is 1. The quantitative estimate of drug-likeness (QED) is 0.669. The van der Waals surface area contributed by atoms with Crippen LogP contribution in [-0.4, -0.2) is 71.9 Å². The van der Waals surface area contributed by atoms with E-state index < -0.39 is 29.8 Å². The molecule has 1 aliphatic rings. The van der Waals surface area contributed by atoms with Gasteiger partial charge in [-0.05, 0) is 44.8 Å². The summed E-state index contributed by atoms with van der Waals surface area (Å²) in [5, 5.41) is 17.0. The number of halogens is 1. The molecular weight excluding hydrogens is 417 g/mol. The molecular formula is C21H26FN7O3. The molecule has 1 aromatic heterocycles. The summed E-state index contributed by atoms with van der Waals surface area (Å²) in [5.41, 5.74) is 6.15. The third kappa shape index (κ3) is 5.53. The number of carbonyl (C=O) groups excluding carboxylic acids is 2. The molecule has 0 unspecified atom stereocenters. The van der Waals surface area contributed by atoms with Crippen molar-refractivity contribution in [1.82, 2.24) is 19.6 Å². The monoisotopic (exact) mass is 443 g/mol. The number of hydrogen-bond donors (Lipinski definition) is 2. The van der Waals surface area contributed by atoms with Gasteiger partial charge in [0.05, 0.1) is 18.0 Å². The minimum atomic E-state index is -0.704. The van der Waals surface area contributed by atoms with Crippen molar-refractivity contribution in [1.29, 1.82) is 5.26 Å². The van der Waals surface area contributed by atoms with E-state index in [1.54, 1.807) is 0 Å². The maximum absolute atomic E-state index is 13.2. The highest BCUT2D eigenvalue weighted by Crippen LogP contribution is 2.30. The molecule has 0 bridgehead atoms. The Kier molecular flexibility index (Phi) is 7.27. The number of primary amides is 1. The van der Waals surface area contributed by atoms with E-state index in [0.717, 1.165) is 0 Å². The van der Waals surface area contributed by atoms with Gasteiger partial charge in [0, 0.05) is 31.5 Å². The minimum Gasteiger partial charge on any atom is -0.448 e. The first-order valence-corrected chi connectivity index (χ1v) is 10.2. The molecule has 0 radical (unpaired) electrons. The van der Waals surface area contributed by atoms with Crippen molar-refractivity contribution < 1.29 is 18.7 Å². The molecule has 0 spiro atoms. The molecule has 170 valence electrons. The molecule has 1 aromatic carbocycles. The average molecular weight is 443 g/mol. The lowest BCUT2D eigenvalue weighted by Crippen LogP contribution is -2.45. The van der Waals surface area contributed by atoms with Gasteiger partial charge in [-0.15, -0.1) is 0 Å². The van der Waals surface area contributed by atoms with Gasteiger partial charge in [0.15, 0.2) is 5.82 Å². The Morgan fingerprint density at radius 2 is 2.09 bits per heavy atom. The molecule has 1 fully saturated rings. The smallest absolute Gasteiger partial charge is 0.409 e. The number of anilines is 2. The average Bonchev–Trinajstić information content (AvgIpc) is 3.18. The van der Waals surface area contributed by atoms with Crippen molar-refractivity contribution >= 4 is 23.5 Å². The molecule has 2 aromatic rings. The van der Waals surface area contributed by atoms with Crippen LogP contribution in [0, 0.1) is 23.1 Å². The summed E-state index contributed by atoms with van der Waals surface area (Å²) in [7, 11) is 3.77. The number of nitrogens with two attached hydrogens (primary N) is 1. The molecule has 10 nitrogen and oxygen atoms in total. The van der Waals surface area contributed by atoms with Gasteiger partial charge in [-0.25, -0.2) is 9.18 Å². The van der Waals surface area contributed by atoms with Gasteiger partial charge >= 0.3 is 6.09 Å². The second-order valence-corrected chi connectivity index (χ2v) is 7.82. The summed E-state index contributed by atoms with van der Waals surface area (Å²) in [6, 6.07) is 7.32. The zero-order valence-corrected chi connectivity index (χ0v) is 18.0. The van der Waals surface area contributed by atoms with Gasteiger partial charge < -0.3 is 25.6 Å². The van der Waals surface area contributed by atoms with Crippen molar-refractivity contribution in [2.75, 3.05) is 45.7 Å². The number of aromatic nitrogens is 2. The van der Waals surface area contributed by atoms with Crippen LogP contribution in [0.5, 0.6) is 0 Å². The number of likely N-dealkylation sites (tertiary alicyclic amines) is 1. The molecule has 2 atom stereocenters. The molecule has 32 heavy (non-hydrogen) atoms. The number of likely N-dealkylation sites (N-methyl/N-ethyl adjacent to an activating group) is 1. The molecule has 1 aliphatic heterocycles. The predicted molar refractivity (Wildman–Crippen MR) is 115 cm³/mol. The number of hydrogen-bond acceptors (Lipinski definition) is 7. The van der Waals surface area contributed by atoms with Gasteiger partial charge in [-0.2, -0.15) is 10.4 Å². The number of nitrogens with one attached hydrogen (secondary N) is 1. The van der Waals surface area contributed by atoms with Crippen molar-refractivity contribution in [3.05, 3.63) is 41.8 Å². The standard InChI is InChI=1S/C21H26FN7O3/c1-27(2)9-10-32-21(31)28-8-7-14(11-23)18(13-28)29-12-17(19(24)30)20(26-29)25-16-5-3-15(22)4-6-16/h3-6,12,14,18H,7-10,13H2,1-2H3,(H2,24,30)(H,25,26)/t14-,18+/m1/s1. The van der Waals surface area contributed by atoms with E-state index in [2.05, 4.69) is 16.5 Å². The van der Waals surface area contributed by atoms with Crippen LogP contribution in [0.3, 0.4) is 0 Å². The zero-order valence-electron chi connectivity index (χ0n) is 18.0. The lowest BCUT2D eigenvalue weighted by molar-refractivity contribution is 0.0721. The van der Waals surface area contributed by atoms with E-state index in [9.17, 15) is 19.2 Å². The number of rotatable bonds is 7. The molecule has 1 saturated heterocycles. The van der Waals surface area contributed by atoms with Gasteiger partial charge in [0.1, 0.15) is 18.0 Å². The van der Waals surface area contributed by atoms with E-state index in [1.807, 2.05) is 19.0 Å². The van der Waals surface area contributed by atoms with Crippen molar-refractivity contribution in [2.24, 2.45) is 11.7 Å². The zero-order chi connectivity index (χ0) is 23.3. The Bertz CT molecular complexity index is 1000. The van der Waals surface area contributed by atoms with Crippen molar-refractivity contribution in [3.63, 3.8) is 0 Å². The third-order valence-electron chi connectivity index (χ3n) is 5.21. The SMILES string of the molecule is CN(C)CCOC(=O)N1CC[C@H](C#N)[C@@H](n2cc(C(N)=O)c(Nc3ccc(F)cc3)n2)C1. The fraction of sp³-hybridized carbons (Fsp3) is 0.429. The fourth-order valence-electron chi connectivity index (χ4n) is 3.43. The van der Waals surface area contributed by atoms with Crippen LogP contribution in [0.15, 0.2) is 30.5 Å². The van der Waals surface area contributed by atoms with Gasteiger partial charge in [-0.1, -0.05) is 0 Å². The van der Waals surface area contributed by atoms with Crippen LogP contribution in [0.2, 0.25) is 0 Å². The Morgan fingerprint density at radius 3 is 2.72 bits per heavy atom. The summed E-state index contributed by atoms with van der Waals surface area (Å²) >= 11 is 0. The molecule has 2 heterocycles. The Morgan fingerprint density at radius 1 is 1.38 bits per heavy atom. The topological polar surface area (TPSA) is 130 Å². The lowest BCUT2D eigenvalue weighted by atomic mass is 9.93. The first-order valence-electron chi connectivity index (χ1n) is 10.2. The maximum atomic E-state index is 13.2. The van der Waals surface area contributed by atoms with Crippen LogP contribution in [0.4, 0.5) is 20.7 Å². The van der Waals surface area contributed by atoms with E-state index in [0.29, 0.717) is 25.2 Å². The van der Waals surface area contributed by atoms with Crippen LogP contribution < -0.4 is 11.1 Å². The van der Waals surface area contributed by atoms with Gasteiger partial charge in [0.2, 0.25) is 0 Å². The van der Waals surface area contributed by atoms with E-state index in [4.69, 9.17) is 10.5 Å². The second kappa shape index (κ2) is 10.1. The number of ether oxygens (including phenoxy) is 1. The van der Waals surface area contributed by atoms with Crippen molar-refractivity contribution in [3.8, 4) is 6.07 Å². The van der Waals surface area contributed by atoms with Crippen LogP contribution in [-0.2, 0) is 4.74 Å². The highest BCUT2D eigenvalue weighted by Gasteiger charge is 2.35. The van der Waals surface area contributed by atoms with Gasteiger partial charge in [0.25, 0.3) is 5.91 Å². The summed E-state index contributed by atoms with van der Waals surface area (Å²) in [6.07, 6.45) is 1.45. The van der Waals surface area contributed by atoms with Crippen molar-refractivity contribution in [2.45, 2.75) is 12.5 Å². The number of amides is 2. The fourth-order valence-corrected chi connectivity index (χ4v) is 3.43.